The number of carbonyl (C=O) groups is 1. The summed E-state index contributed by atoms with van der Waals surface area (Å²) >= 11 is 0. The lowest BCUT2D eigenvalue weighted by atomic mass is 9.94. The number of nitrogens with zero attached hydrogens (tertiary/aromatic N) is 2. The maximum absolute atomic E-state index is 11.3. The van der Waals surface area contributed by atoms with E-state index in [1.807, 2.05) is 4.90 Å². The molecule has 17 heavy (non-hydrogen) atoms. The fourth-order valence-electron chi connectivity index (χ4n) is 2.13. The van der Waals surface area contributed by atoms with Crippen LogP contribution in [-0.4, -0.2) is 30.0 Å². The van der Waals surface area contributed by atoms with E-state index in [0.29, 0.717) is 17.3 Å². The Balaban J connectivity index is 2.25. The molecule has 5 heteroatoms. The zero-order valence-electron chi connectivity index (χ0n) is 9.97. The molecular weight excluding hydrogens is 216 g/mol. The summed E-state index contributed by atoms with van der Waals surface area (Å²) in [4.78, 5) is 17.6. The van der Waals surface area contributed by atoms with Crippen molar-refractivity contribution >= 4 is 11.7 Å². The van der Waals surface area contributed by atoms with E-state index >= 15 is 0 Å². The van der Waals surface area contributed by atoms with Crippen molar-refractivity contribution in [3.8, 4) is 0 Å². The average Bonchev–Trinajstić information content (AvgIpc) is 2.32. The predicted molar refractivity (Wildman–Crippen MR) is 66.7 cm³/mol. The van der Waals surface area contributed by atoms with Gasteiger partial charge in [0.2, 0.25) is 0 Å². The summed E-state index contributed by atoms with van der Waals surface area (Å²) < 4.78 is 0. The SMILES string of the molecule is CC1CCN(c2ncccc2C(N)=O)CC1N. The summed E-state index contributed by atoms with van der Waals surface area (Å²) in [6.07, 6.45) is 2.68. The predicted octanol–water partition coefficient (Wildman–Crippen LogP) is 0.354. The quantitative estimate of drug-likeness (QED) is 0.773. The second-order valence-electron chi connectivity index (χ2n) is 4.61. The first-order valence-electron chi connectivity index (χ1n) is 5.85. The van der Waals surface area contributed by atoms with Crippen LogP contribution in [0.3, 0.4) is 0 Å². The minimum absolute atomic E-state index is 0.117. The summed E-state index contributed by atoms with van der Waals surface area (Å²) in [6.45, 7) is 3.74. The lowest BCUT2D eigenvalue weighted by molar-refractivity contribution is 0.100. The first-order chi connectivity index (χ1) is 8.09. The van der Waals surface area contributed by atoms with E-state index in [1.165, 1.54) is 0 Å². The summed E-state index contributed by atoms with van der Waals surface area (Å²) in [7, 11) is 0. The highest BCUT2D eigenvalue weighted by Crippen LogP contribution is 2.23. The second-order valence-corrected chi connectivity index (χ2v) is 4.61. The third-order valence-corrected chi connectivity index (χ3v) is 3.37. The summed E-state index contributed by atoms with van der Waals surface area (Å²) in [5.41, 5.74) is 11.9. The number of anilines is 1. The van der Waals surface area contributed by atoms with Crippen molar-refractivity contribution in [2.45, 2.75) is 19.4 Å². The fraction of sp³-hybridized carbons (Fsp3) is 0.500. The Morgan fingerprint density at radius 2 is 2.35 bits per heavy atom. The highest BCUT2D eigenvalue weighted by molar-refractivity contribution is 5.97. The van der Waals surface area contributed by atoms with Gasteiger partial charge in [-0.15, -0.1) is 0 Å². The molecule has 0 radical (unpaired) electrons. The minimum Gasteiger partial charge on any atom is -0.365 e. The van der Waals surface area contributed by atoms with Crippen molar-refractivity contribution in [1.82, 2.24) is 4.98 Å². The van der Waals surface area contributed by atoms with Crippen molar-refractivity contribution in [2.75, 3.05) is 18.0 Å². The molecule has 0 bridgehead atoms. The molecule has 2 rings (SSSR count). The van der Waals surface area contributed by atoms with E-state index in [4.69, 9.17) is 11.5 Å². The zero-order chi connectivity index (χ0) is 12.4. The molecule has 4 N–H and O–H groups in total. The molecule has 2 heterocycles. The molecule has 0 spiro atoms. The Hall–Kier alpha value is -1.62. The number of nitrogens with two attached hydrogens (primary N) is 2. The molecule has 1 aliphatic rings. The van der Waals surface area contributed by atoms with Crippen molar-refractivity contribution in [3.63, 3.8) is 0 Å². The van der Waals surface area contributed by atoms with Crippen LogP contribution in [0.5, 0.6) is 0 Å². The molecule has 1 fully saturated rings. The van der Waals surface area contributed by atoms with Gasteiger partial charge >= 0.3 is 0 Å². The van der Waals surface area contributed by atoms with E-state index < -0.39 is 5.91 Å². The van der Waals surface area contributed by atoms with E-state index in [2.05, 4.69) is 11.9 Å². The lowest BCUT2D eigenvalue weighted by Crippen LogP contribution is -2.48. The van der Waals surface area contributed by atoms with Crippen LogP contribution >= 0.6 is 0 Å². The van der Waals surface area contributed by atoms with Gasteiger partial charge < -0.3 is 16.4 Å². The Morgan fingerprint density at radius 1 is 1.59 bits per heavy atom. The van der Waals surface area contributed by atoms with Crippen molar-refractivity contribution in [3.05, 3.63) is 23.9 Å². The summed E-state index contributed by atoms with van der Waals surface area (Å²) in [6, 6.07) is 3.54. The van der Waals surface area contributed by atoms with Crippen LogP contribution < -0.4 is 16.4 Å². The second kappa shape index (κ2) is 4.71. The molecule has 0 saturated carbocycles. The molecule has 2 atom stereocenters. The molecular formula is C12H18N4O. The smallest absolute Gasteiger partial charge is 0.252 e. The van der Waals surface area contributed by atoms with Crippen molar-refractivity contribution in [1.29, 1.82) is 0 Å². The Labute approximate surface area is 101 Å². The normalized spacial score (nSPS) is 24.7. The Kier molecular flexibility index (Phi) is 3.28. The highest BCUT2D eigenvalue weighted by atomic mass is 16.1. The van der Waals surface area contributed by atoms with Crippen molar-refractivity contribution in [2.24, 2.45) is 17.4 Å². The number of amides is 1. The molecule has 1 aromatic rings. The number of rotatable bonds is 2. The van der Waals surface area contributed by atoms with Crippen LogP contribution in [0, 0.1) is 5.92 Å². The number of hydrogen-bond acceptors (Lipinski definition) is 4. The van der Waals surface area contributed by atoms with E-state index in [-0.39, 0.29) is 6.04 Å². The fourth-order valence-corrected chi connectivity index (χ4v) is 2.13. The standard InChI is InChI=1S/C12H18N4O/c1-8-4-6-16(7-10(8)13)12-9(11(14)17)3-2-5-15-12/h2-3,5,8,10H,4,6-7,13H2,1H3,(H2,14,17). The lowest BCUT2D eigenvalue weighted by Gasteiger charge is -2.36. The van der Waals surface area contributed by atoms with E-state index in [9.17, 15) is 4.79 Å². The number of pyridine rings is 1. The number of hydrogen-bond donors (Lipinski definition) is 2. The molecule has 1 aromatic heterocycles. The highest BCUT2D eigenvalue weighted by Gasteiger charge is 2.26. The molecule has 5 nitrogen and oxygen atoms in total. The van der Waals surface area contributed by atoms with Gasteiger partial charge in [-0.05, 0) is 24.5 Å². The maximum atomic E-state index is 11.3. The van der Waals surface area contributed by atoms with Crippen LogP contribution in [0.2, 0.25) is 0 Å². The van der Waals surface area contributed by atoms with Gasteiger partial charge in [-0.1, -0.05) is 6.92 Å². The number of aromatic nitrogens is 1. The Morgan fingerprint density at radius 3 is 3.00 bits per heavy atom. The topological polar surface area (TPSA) is 85.2 Å². The van der Waals surface area contributed by atoms with E-state index in [1.54, 1.807) is 18.3 Å². The molecule has 1 amide bonds. The van der Waals surface area contributed by atoms with Crippen LogP contribution in [0.1, 0.15) is 23.7 Å². The summed E-state index contributed by atoms with van der Waals surface area (Å²) in [5, 5.41) is 0. The van der Waals surface area contributed by atoms with Crippen molar-refractivity contribution < 1.29 is 4.79 Å². The van der Waals surface area contributed by atoms with Crippen LogP contribution in [0.15, 0.2) is 18.3 Å². The number of carbonyl (C=O) groups excluding carboxylic acids is 1. The van der Waals surface area contributed by atoms with Gasteiger partial charge in [-0.3, -0.25) is 4.79 Å². The monoisotopic (exact) mass is 234 g/mol. The van der Waals surface area contributed by atoms with Crippen LogP contribution in [0.4, 0.5) is 5.82 Å². The molecule has 1 aliphatic heterocycles. The Bertz CT molecular complexity index is 421. The van der Waals surface area contributed by atoms with E-state index in [0.717, 1.165) is 19.5 Å². The van der Waals surface area contributed by atoms with Gasteiger partial charge in [0.25, 0.3) is 5.91 Å². The third-order valence-electron chi connectivity index (χ3n) is 3.37. The number of primary amides is 1. The molecule has 1 saturated heterocycles. The zero-order valence-corrected chi connectivity index (χ0v) is 9.97. The number of piperidine rings is 1. The molecule has 0 aliphatic carbocycles. The van der Waals surface area contributed by atoms with Gasteiger partial charge in [0.05, 0.1) is 5.56 Å². The molecule has 92 valence electrons. The van der Waals surface area contributed by atoms with Gasteiger partial charge in [-0.2, -0.15) is 0 Å². The molecule has 2 unspecified atom stereocenters. The maximum Gasteiger partial charge on any atom is 0.252 e. The van der Waals surface area contributed by atoms with Crippen LogP contribution in [0.25, 0.3) is 0 Å². The van der Waals surface area contributed by atoms with Crippen LogP contribution in [-0.2, 0) is 0 Å². The first kappa shape index (κ1) is 11.9. The molecule has 0 aromatic carbocycles. The van der Waals surface area contributed by atoms with Gasteiger partial charge in [-0.25, -0.2) is 4.98 Å². The minimum atomic E-state index is -0.444. The first-order valence-corrected chi connectivity index (χ1v) is 5.85. The van der Waals surface area contributed by atoms with Gasteiger partial charge in [0, 0.05) is 25.3 Å². The van der Waals surface area contributed by atoms with Gasteiger partial charge in [0.1, 0.15) is 5.82 Å². The average molecular weight is 234 g/mol. The third kappa shape index (κ3) is 2.39. The largest absolute Gasteiger partial charge is 0.365 e. The summed E-state index contributed by atoms with van der Waals surface area (Å²) in [5.74, 6) is 0.717. The van der Waals surface area contributed by atoms with Gasteiger partial charge in [0.15, 0.2) is 0 Å².